The highest BCUT2D eigenvalue weighted by Gasteiger charge is 2.31. The average molecular weight is 321 g/mol. The van der Waals surface area contributed by atoms with Crippen molar-refractivity contribution in [1.29, 1.82) is 0 Å². The van der Waals surface area contributed by atoms with Gasteiger partial charge in [0.05, 0.1) is 16.9 Å². The van der Waals surface area contributed by atoms with E-state index in [4.69, 9.17) is 0 Å². The summed E-state index contributed by atoms with van der Waals surface area (Å²) in [5.41, 5.74) is 0.543. The fraction of sp³-hybridized carbons (Fsp3) is 0.294. The molecule has 23 heavy (non-hydrogen) atoms. The number of hydrogen-bond acceptors (Lipinski definition) is 3. The van der Waals surface area contributed by atoms with Crippen LogP contribution in [0.1, 0.15) is 31.9 Å². The van der Waals surface area contributed by atoms with E-state index in [-0.39, 0.29) is 11.2 Å². The van der Waals surface area contributed by atoms with E-state index in [0.29, 0.717) is 5.69 Å². The number of benzene rings is 1. The Bertz CT molecular complexity index is 686. The molecule has 0 aliphatic heterocycles. The second-order valence-corrected chi connectivity index (χ2v) is 6.14. The molecule has 0 bridgehead atoms. The van der Waals surface area contributed by atoms with Crippen LogP contribution in [0, 0.1) is 0 Å². The van der Waals surface area contributed by atoms with Crippen molar-refractivity contribution < 1.29 is 13.2 Å². The van der Waals surface area contributed by atoms with Gasteiger partial charge in [-0.15, -0.1) is 0 Å². The van der Waals surface area contributed by atoms with E-state index < -0.39 is 11.7 Å². The number of rotatable bonds is 3. The number of aliphatic imine (C=N–C) groups is 1. The van der Waals surface area contributed by atoms with Crippen molar-refractivity contribution in [2.45, 2.75) is 32.5 Å². The molecule has 0 radical (unpaired) electrons. The van der Waals surface area contributed by atoms with Gasteiger partial charge in [-0.2, -0.15) is 13.2 Å². The molecule has 0 amide bonds. The second-order valence-electron chi connectivity index (χ2n) is 6.14. The first kappa shape index (κ1) is 17.0. The largest absolute Gasteiger partial charge is 0.416 e. The fourth-order valence-corrected chi connectivity index (χ4v) is 1.92. The van der Waals surface area contributed by atoms with Crippen LogP contribution >= 0.6 is 0 Å². The van der Waals surface area contributed by atoms with E-state index in [9.17, 15) is 13.2 Å². The first-order valence-electron chi connectivity index (χ1n) is 7.09. The molecule has 0 saturated carbocycles. The molecule has 1 aromatic carbocycles. The minimum atomic E-state index is -4.40. The van der Waals surface area contributed by atoms with Crippen molar-refractivity contribution in [3.05, 3.63) is 53.9 Å². The van der Waals surface area contributed by atoms with Crippen LogP contribution < -0.4 is 5.32 Å². The van der Waals surface area contributed by atoms with E-state index in [1.165, 1.54) is 12.3 Å². The molecule has 0 atom stereocenters. The van der Waals surface area contributed by atoms with Gasteiger partial charge in [0.2, 0.25) is 0 Å². The third-order valence-electron chi connectivity index (χ3n) is 2.89. The van der Waals surface area contributed by atoms with Crippen LogP contribution in [0.15, 0.2) is 47.7 Å². The van der Waals surface area contributed by atoms with Gasteiger partial charge in [0.15, 0.2) is 0 Å². The molecule has 2 rings (SSSR count). The fourth-order valence-electron chi connectivity index (χ4n) is 1.92. The summed E-state index contributed by atoms with van der Waals surface area (Å²) in [5, 5.41) is 3.17. The second kappa shape index (κ2) is 6.40. The minimum absolute atomic E-state index is 0.242. The molecule has 0 spiro atoms. The van der Waals surface area contributed by atoms with Crippen LogP contribution in [0.4, 0.5) is 24.5 Å². The number of nitrogens with zero attached hydrogens (tertiary/aromatic N) is 2. The summed E-state index contributed by atoms with van der Waals surface area (Å²) in [6.07, 6.45) is 0.315. The minimum Gasteiger partial charge on any atom is -0.379 e. The van der Waals surface area contributed by atoms with Crippen LogP contribution in [0.3, 0.4) is 0 Å². The zero-order chi connectivity index (χ0) is 17.1. The van der Waals surface area contributed by atoms with E-state index in [1.54, 1.807) is 24.5 Å². The average Bonchev–Trinajstić information content (AvgIpc) is 2.44. The van der Waals surface area contributed by atoms with E-state index in [2.05, 4.69) is 15.3 Å². The first-order valence-corrected chi connectivity index (χ1v) is 7.09. The Morgan fingerprint density at radius 2 is 1.70 bits per heavy atom. The van der Waals surface area contributed by atoms with Gasteiger partial charge in [-0.3, -0.25) is 9.98 Å². The van der Waals surface area contributed by atoms with Crippen molar-refractivity contribution in [3.63, 3.8) is 0 Å². The van der Waals surface area contributed by atoms with Crippen molar-refractivity contribution in [2.24, 2.45) is 4.99 Å². The van der Waals surface area contributed by atoms with Crippen LogP contribution in [-0.4, -0.2) is 16.7 Å². The lowest BCUT2D eigenvalue weighted by Gasteiger charge is -2.23. The number of nitrogens with one attached hydrogen (secondary N) is 1. The normalized spacial score (nSPS) is 12.6. The SMILES string of the molecule is CC(C)(C)Nc1ccc(C(F)(F)F)cc1N=Cc1ccncc1. The Hall–Kier alpha value is -2.37. The van der Waals surface area contributed by atoms with E-state index >= 15 is 0 Å². The van der Waals surface area contributed by atoms with Gasteiger partial charge in [-0.1, -0.05) is 0 Å². The van der Waals surface area contributed by atoms with Crippen LogP contribution in [0.5, 0.6) is 0 Å². The summed E-state index contributed by atoms with van der Waals surface area (Å²) in [7, 11) is 0. The maximum absolute atomic E-state index is 12.9. The monoisotopic (exact) mass is 321 g/mol. The highest BCUT2D eigenvalue weighted by molar-refractivity contribution is 5.84. The van der Waals surface area contributed by atoms with Gasteiger partial charge in [0.1, 0.15) is 0 Å². The lowest BCUT2D eigenvalue weighted by Crippen LogP contribution is -2.26. The number of hydrogen-bond donors (Lipinski definition) is 1. The molecule has 122 valence electrons. The standard InChI is InChI=1S/C17H18F3N3/c1-16(2,3)23-14-5-4-13(17(18,19)20)10-15(14)22-11-12-6-8-21-9-7-12/h4-11,23H,1-3H3. The molecule has 0 saturated heterocycles. The third-order valence-corrected chi connectivity index (χ3v) is 2.89. The lowest BCUT2D eigenvalue weighted by atomic mass is 10.1. The molecule has 1 N–H and O–H groups in total. The zero-order valence-electron chi connectivity index (χ0n) is 13.1. The maximum atomic E-state index is 12.9. The summed E-state index contributed by atoms with van der Waals surface area (Å²) in [6.45, 7) is 5.79. The molecule has 6 heteroatoms. The number of anilines is 1. The van der Waals surface area contributed by atoms with Crippen molar-refractivity contribution >= 4 is 17.6 Å². The smallest absolute Gasteiger partial charge is 0.379 e. The summed E-state index contributed by atoms with van der Waals surface area (Å²) in [5.74, 6) is 0. The Balaban J connectivity index is 2.42. The first-order chi connectivity index (χ1) is 10.6. The summed E-state index contributed by atoms with van der Waals surface area (Å²) in [4.78, 5) is 8.11. The maximum Gasteiger partial charge on any atom is 0.416 e. The van der Waals surface area contributed by atoms with Crippen LogP contribution in [0.25, 0.3) is 0 Å². The van der Waals surface area contributed by atoms with E-state index in [1.807, 2.05) is 20.8 Å². The summed E-state index contributed by atoms with van der Waals surface area (Å²) in [6, 6.07) is 6.97. The molecule has 0 fully saturated rings. The van der Waals surface area contributed by atoms with Crippen molar-refractivity contribution in [2.75, 3.05) is 5.32 Å². The van der Waals surface area contributed by atoms with E-state index in [0.717, 1.165) is 17.7 Å². The molecule has 1 heterocycles. The predicted molar refractivity (Wildman–Crippen MR) is 86.3 cm³/mol. The summed E-state index contributed by atoms with van der Waals surface area (Å²) < 4.78 is 38.8. The van der Waals surface area contributed by atoms with Crippen LogP contribution in [0.2, 0.25) is 0 Å². The molecule has 0 aliphatic rings. The Morgan fingerprint density at radius 3 is 2.26 bits per heavy atom. The van der Waals surface area contributed by atoms with Gasteiger partial charge < -0.3 is 5.32 Å². The zero-order valence-corrected chi connectivity index (χ0v) is 13.1. The molecular formula is C17H18F3N3. The molecular weight excluding hydrogens is 303 g/mol. The Labute approximate surface area is 133 Å². The highest BCUT2D eigenvalue weighted by atomic mass is 19.4. The molecule has 1 aromatic heterocycles. The lowest BCUT2D eigenvalue weighted by molar-refractivity contribution is -0.137. The quantitative estimate of drug-likeness (QED) is 0.802. The highest BCUT2D eigenvalue weighted by Crippen LogP contribution is 2.36. The van der Waals surface area contributed by atoms with Gasteiger partial charge in [-0.25, -0.2) is 0 Å². The number of halogens is 3. The topological polar surface area (TPSA) is 37.3 Å². The Morgan fingerprint density at radius 1 is 1.04 bits per heavy atom. The number of aromatic nitrogens is 1. The van der Waals surface area contributed by atoms with Gasteiger partial charge >= 0.3 is 6.18 Å². The van der Waals surface area contributed by atoms with Crippen molar-refractivity contribution in [3.8, 4) is 0 Å². The third kappa shape index (κ3) is 5.09. The van der Waals surface area contributed by atoms with Gasteiger partial charge in [0.25, 0.3) is 0 Å². The van der Waals surface area contributed by atoms with Crippen LogP contribution in [-0.2, 0) is 6.18 Å². The van der Waals surface area contributed by atoms with Crippen molar-refractivity contribution in [1.82, 2.24) is 4.98 Å². The Kier molecular flexibility index (Phi) is 4.73. The molecule has 2 aromatic rings. The number of pyridine rings is 1. The van der Waals surface area contributed by atoms with Gasteiger partial charge in [-0.05, 0) is 56.7 Å². The predicted octanol–water partition coefficient (Wildman–Crippen LogP) is 5.06. The molecule has 3 nitrogen and oxygen atoms in total. The van der Waals surface area contributed by atoms with Gasteiger partial charge in [0, 0.05) is 24.1 Å². The molecule has 0 unspecified atom stereocenters. The summed E-state index contributed by atoms with van der Waals surface area (Å²) >= 11 is 0. The number of alkyl halides is 3. The molecule has 0 aliphatic carbocycles.